The molecule has 0 aromatic heterocycles. The summed E-state index contributed by atoms with van der Waals surface area (Å²) in [6.45, 7) is 15.2. The number of carbonyl (C=O) groups excluding carboxylic acids is 9. The molecule has 0 radical (unpaired) electrons. The molecule has 109 heavy (non-hydrogen) atoms. The summed E-state index contributed by atoms with van der Waals surface area (Å²) in [5, 5.41) is 31.8. The lowest BCUT2D eigenvalue weighted by molar-refractivity contribution is -0.141. The maximum atomic E-state index is 12.5. The minimum absolute atomic E-state index is 0.0159. The van der Waals surface area contributed by atoms with Crippen LogP contribution in [-0.2, 0) is 71.6 Å². The van der Waals surface area contributed by atoms with E-state index in [1.165, 1.54) is 67.0 Å². The van der Waals surface area contributed by atoms with Gasteiger partial charge in [-0.15, -0.1) is 11.8 Å². The molecule has 1 heterocycles. The molecule has 5 rings (SSSR count). The number of hydrogen-bond donors (Lipinski definition) is 4. The highest BCUT2D eigenvalue weighted by molar-refractivity contribution is 8.01. The fraction of sp³-hybridized carbons (Fsp3) is 0.809. The third-order valence-electron chi connectivity index (χ3n) is 22.0. The van der Waals surface area contributed by atoms with E-state index < -0.39 is 17.1 Å². The summed E-state index contributed by atoms with van der Waals surface area (Å²) in [4.78, 5) is 104. The molecule has 20 heteroatoms. The van der Waals surface area contributed by atoms with Crippen LogP contribution >= 0.6 is 24.4 Å². The number of carbonyl (C=O) groups is 9. The Kier molecular flexibility index (Phi) is 62.2. The Bertz CT molecular complexity index is 2590. The van der Waals surface area contributed by atoms with E-state index in [9.17, 15) is 58.5 Å². The zero-order chi connectivity index (χ0) is 80.9. The molecule has 5 fully saturated rings. The van der Waals surface area contributed by atoms with Crippen molar-refractivity contribution in [2.75, 3.05) is 54.9 Å². The van der Waals surface area contributed by atoms with Crippen molar-refractivity contribution in [1.29, 1.82) is 0 Å². The maximum absolute atomic E-state index is 12.5. The van der Waals surface area contributed by atoms with Gasteiger partial charge >= 0.3 is 23.9 Å². The van der Waals surface area contributed by atoms with Gasteiger partial charge in [-0.05, 0) is 184 Å². The molecule has 0 bridgehead atoms. The van der Waals surface area contributed by atoms with Gasteiger partial charge < -0.3 is 43.7 Å². The van der Waals surface area contributed by atoms with Gasteiger partial charge in [0.05, 0.1) is 53.9 Å². The summed E-state index contributed by atoms with van der Waals surface area (Å²) < 4.78 is 29.8. The van der Waals surface area contributed by atoms with Crippen LogP contribution < -0.4 is 0 Å². The van der Waals surface area contributed by atoms with E-state index in [1.54, 1.807) is 11.8 Å². The zero-order valence-electron chi connectivity index (χ0n) is 69.5. The number of Topliss-reactive ketones (excluding diaryl/α,β-unsaturated/α-hetero) is 5. The monoisotopic (exact) mass is 1570 g/mol. The van der Waals surface area contributed by atoms with Crippen molar-refractivity contribution in [2.45, 2.75) is 358 Å². The van der Waals surface area contributed by atoms with Crippen molar-refractivity contribution in [3.05, 3.63) is 48.6 Å². The minimum atomic E-state index is -0.616. The first kappa shape index (κ1) is 103. The third-order valence-corrected chi connectivity index (χ3v) is 24.2. The standard InChI is InChI=1S/C24H44O6.2C21H34O4S.C21H34O4.C2H6/c1-3-4-5-8-11-15-29-17-18-30-16-14-21-20(22(25)19-23(21)26)12-9-6-7-10-13-24(27)28-2;1-3-4-9-13-21(24)14-12-17-16(18(22)15-19(17)26-21)10-7-5-6-8-11-20(23)25-2;1-3-4-7-10-16(22)13-14-18-17(19(23)15-20(18)26)11-8-5-6-9-12-21(24)25-2;1-3-4-7-10-18(22)15-13-17-14-16-20(23)19(17)11-8-5-6-9-12-21(24)25-2;1-2/h6,9,20-23,25-26H,3-5,7-8,10-19H2,1-2H3;5,7,16-17,19,24H,3-4,6,8-15H2,1-2H3;5,8,17-18,20,26H,3-4,6-7,9-15H2,1-2H3;5,8,17,19H,3-4,6-7,9-16H2,1-2H3;1-2H3/b9-6-;7-5-;2*8-5-;/t20-,21?,22+,23-;16-,17-,19-,21?;17-,18?,20?;17?,19-;/m1111./s1. The number of allylic oxidation sites excluding steroid dienone is 8. The molecule has 5 unspecified atom stereocenters. The average molecular weight is 1570 g/mol. The lowest BCUT2D eigenvalue weighted by Gasteiger charge is -2.39. The molecule has 0 spiro atoms. The quantitative estimate of drug-likeness (QED) is 0.0145. The van der Waals surface area contributed by atoms with Crippen molar-refractivity contribution >= 4 is 77.2 Å². The Morgan fingerprint density at radius 1 is 0.450 bits per heavy atom. The summed E-state index contributed by atoms with van der Waals surface area (Å²) in [6.07, 6.45) is 53.5. The maximum Gasteiger partial charge on any atom is 0.305 e. The van der Waals surface area contributed by atoms with Crippen LogP contribution in [0.3, 0.4) is 0 Å². The van der Waals surface area contributed by atoms with Crippen LogP contribution in [0.1, 0.15) is 330 Å². The van der Waals surface area contributed by atoms with Crippen molar-refractivity contribution in [2.24, 2.45) is 47.3 Å². The summed E-state index contributed by atoms with van der Waals surface area (Å²) in [5.74, 6) is 2.20. The lowest BCUT2D eigenvalue weighted by Crippen LogP contribution is -2.36. The van der Waals surface area contributed by atoms with E-state index in [0.29, 0.717) is 144 Å². The highest BCUT2D eigenvalue weighted by Gasteiger charge is 2.49. The Labute approximate surface area is 669 Å². The fourth-order valence-corrected chi connectivity index (χ4v) is 17.7. The van der Waals surface area contributed by atoms with Crippen LogP contribution in [0.25, 0.3) is 0 Å². The molecule has 13 atom stereocenters. The number of thioether (sulfide) groups is 1. The largest absolute Gasteiger partial charge is 0.469 e. The molecule has 628 valence electrons. The minimum Gasteiger partial charge on any atom is -0.469 e. The van der Waals surface area contributed by atoms with Gasteiger partial charge in [-0.1, -0.05) is 154 Å². The Balaban J connectivity index is 0.000000722. The van der Waals surface area contributed by atoms with Crippen LogP contribution in [0.5, 0.6) is 0 Å². The van der Waals surface area contributed by atoms with E-state index in [4.69, 9.17) is 9.47 Å². The number of hydrogen-bond acceptors (Lipinski definition) is 20. The van der Waals surface area contributed by atoms with Crippen LogP contribution in [0.2, 0.25) is 0 Å². The number of ether oxygens (including phenoxy) is 6. The second kappa shape index (κ2) is 66.0. The van der Waals surface area contributed by atoms with Crippen LogP contribution in [0.4, 0.5) is 0 Å². The number of methoxy groups -OCH3 is 4. The molecule has 0 aromatic carbocycles. The number of aliphatic hydroxyl groups is 3. The molecule has 18 nitrogen and oxygen atoms in total. The van der Waals surface area contributed by atoms with Crippen molar-refractivity contribution < 1.29 is 86.9 Å². The van der Waals surface area contributed by atoms with Crippen LogP contribution in [-0.4, -0.2) is 151 Å². The van der Waals surface area contributed by atoms with Crippen LogP contribution in [0, 0.1) is 47.3 Å². The summed E-state index contributed by atoms with van der Waals surface area (Å²) in [5.41, 5.74) is 0. The molecule has 1 aliphatic heterocycles. The van der Waals surface area contributed by atoms with E-state index in [1.807, 2.05) is 32.1 Å². The number of unbranched alkanes of at least 4 members (excludes halogenated alkanes) is 14. The van der Waals surface area contributed by atoms with Gasteiger partial charge in [0.25, 0.3) is 0 Å². The normalized spacial score (nSPS) is 24.3. The van der Waals surface area contributed by atoms with Gasteiger partial charge in [0.15, 0.2) is 0 Å². The predicted molar refractivity (Wildman–Crippen MR) is 442 cm³/mol. The number of aliphatic hydroxyl groups excluding tert-OH is 2. The average Bonchev–Trinajstić information content (AvgIpc) is 1.65. The van der Waals surface area contributed by atoms with Crippen molar-refractivity contribution in [3.8, 4) is 0 Å². The summed E-state index contributed by atoms with van der Waals surface area (Å²) in [7, 11) is 5.61. The molecule has 0 aromatic rings. The first-order valence-corrected chi connectivity index (χ1v) is 44.1. The second-order valence-electron chi connectivity index (χ2n) is 30.3. The first-order chi connectivity index (χ1) is 52.7. The fourth-order valence-electron chi connectivity index (χ4n) is 15.4. The van der Waals surface area contributed by atoms with Gasteiger partial charge in [-0.25, -0.2) is 0 Å². The molecule has 5 aliphatic rings. The molecule has 0 amide bonds. The Morgan fingerprint density at radius 3 is 1.40 bits per heavy atom. The predicted octanol–water partition coefficient (Wildman–Crippen LogP) is 19.2. The highest BCUT2D eigenvalue weighted by Crippen LogP contribution is 2.53. The molecule has 3 N–H and O–H groups in total. The molecule has 4 aliphatic carbocycles. The molecule has 1 saturated heterocycles. The van der Waals surface area contributed by atoms with Crippen molar-refractivity contribution in [3.63, 3.8) is 0 Å². The lowest BCUT2D eigenvalue weighted by atomic mass is 9.86. The van der Waals surface area contributed by atoms with Crippen molar-refractivity contribution in [1.82, 2.24) is 0 Å². The van der Waals surface area contributed by atoms with Gasteiger partial charge in [0, 0.05) is 112 Å². The molecular formula is C89H152O18S2. The van der Waals surface area contributed by atoms with Gasteiger partial charge in [-0.3, -0.25) is 43.2 Å². The molecular weight excluding hydrogens is 1420 g/mol. The SMILES string of the molecule is CC.CCCCCC(=O)CCC1C(S)CC(=O)[C@@H]1C/C=C\CCCC(=O)OC.CCCCCC(=O)CCC1CCC(=O)[C@@H]1C/C=C\CCCC(=O)OC.CCCCCC1(O)CC[C@H]2[C@@H](CC(=O)[C@@H]2C/C=C\CCCC(=O)OC)S1.CCCCCCCOCCOCCC1[C@H](O)C[C@H](O)[C@@H]1C/C=C\CCCC(=O)OC. The Hall–Kier alpha value is -4.31. The topological polar surface area (TPSA) is 270 Å². The Morgan fingerprint density at radius 2 is 0.890 bits per heavy atom. The van der Waals surface area contributed by atoms with Gasteiger partial charge in [0.1, 0.15) is 33.8 Å². The number of ketones is 5. The number of thiol groups is 1. The van der Waals surface area contributed by atoms with Gasteiger partial charge in [-0.2, -0.15) is 12.6 Å². The summed E-state index contributed by atoms with van der Waals surface area (Å²) >= 11 is 6.27. The van der Waals surface area contributed by atoms with E-state index in [2.05, 4.69) is 89.7 Å². The zero-order valence-corrected chi connectivity index (χ0v) is 71.2. The summed E-state index contributed by atoms with van der Waals surface area (Å²) in [6, 6.07) is 0. The third kappa shape index (κ3) is 47.2. The van der Waals surface area contributed by atoms with E-state index in [0.717, 1.165) is 174 Å². The smallest absolute Gasteiger partial charge is 0.305 e. The highest BCUT2D eigenvalue weighted by atomic mass is 32.2. The number of fused-ring (bicyclic) bond motifs is 1. The molecule has 4 saturated carbocycles. The number of rotatable bonds is 54. The number of esters is 4. The second-order valence-corrected chi connectivity index (χ2v) is 32.6. The van der Waals surface area contributed by atoms with Gasteiger partial charge in [0.2, 0.25) is 0 Å². The van der Waals surface area contributed by atoms with Crippen LogP contribution in [0.15, 0.2) is 48.6 Å². The van der Waals surface area contributed by atoms with E-state index in [-0.39, 0.29) is 70.4 Å². The first-order valence-electron chi connectivity index (χ1n) is 42.7. The van der Waals surface area contributed by atoms with E-state index >= 15 is 0 Å².